The van der Waals surface area contributed by atoms with Crippen LogP contribution in [0, 0.1) is 12.7 Å². The number of hydrogen-bond acceptors (Lipinski definition) is 7. The van der Waals surface area contributed by atoms with E-state index >= 15 is 0 Å². The molecule has 0 radical (unpaired) electrons. The number of halogens is 1. The van der Waals surface area contributed by atoms with Crippen molar-refractivity contribution in [1.29, 1.82) is 0 Å². The number of benzene rings is 1. The van der Waals surface area contributed by atoms with Gasteiger partial charge in [0.15, 0.2) is 5.13 Å². The molecule has 0 fully saturated rings. The maximum atomic E-state index is 13.4. The van der Waals surface area contributed by atoms with E-state index in [0.29, 0.717) is 47.7 Å². The minimum Gasteiger partial charge on any atom is -0.403 e. The van der Waals surface area contributed by atoms with Crippen molar-refractivity contribution in [3.8, 4) is 11.5 Å². The molecule has 2 amide bonds. The molecule has 3 aromatic rings. The van der Waals surface area contributed by atoms with Gasteiger partial charge in [-0.15, -0.1) is 5.10 Å². The van der Waals surface area contributed by atoms with Gasteiger partial charge in [0, 0.05) is 30.5 Å². The lowest BCUT2D eigenvalue weighted by molar-refractivity contribution is 0.254. The normalized spacial score (nSPS) is 13.4. The van der Waals surface area contributed by atoms with Crippen LogP contribution in [0.5, 0.6) is 0 Å². The zero-order valence-corrected chi connectivity index (χ0v) is 15.6. The standard InChI is InChI=1S/C17H17FN6O2S/c1-9-7-10(3-4-11(9)18)14-22-23-17(26-14)24-6-5-12-13(8-24)27-16(20-12)21-15(25)19-2/h3-4,7H,5-6,8H2,1-2H3,(H2,19,20,21,25). The van der Waals surface area contributed by atoms with Gasteiger partial charge in [0.05, 0.1) is 12.2 Å². The van der Waals surface area contributed by atoms with Crippen molar-refractivity contribution in [2.24, 2.45) is 0 Å². The highest BCUT2D eigenvalue weighted by Crippen LogP contribution is 2.31. The number of urea groups is 1. The second-order valence-corrected chi connectivity index (χ2v) is 7.20. The van der Waals surface area contributed by atoms with Crippen LogP contribution in [-0.2, 0) is 13.0 Å². The summed E-state index contributed by atoms with van der Waals surface area (Å²) in [5.74, 6) is 0.0820. The number of carbonyl (C=O) groups excluding carboxylic acids is 1. The zero-order valence-electron chi connectivity index (χ0n) is 14.7. The van der Waals surface area contributed by atoms with Crippen molar-refractivity contribution < 1.29 is 13.6 Å². The highest BCUT2D eigenvalue weighted by Gasteiger charge is 2.25. The zero-order chi connectivity index (χ0) is 19.0. The predicted molar refractivity (Wildman–Crippen MR) is 99.4 cm³/mol. The summed E-state index contributed by atoms with van der Waals surface area (Å²) in [5.41, 5.74) is 2.17. The van der Waals surface area contributed by atoms with Gasteiger partial charge in [0.1, 0.15) is 5.82 Å². The number of carbonyl (C=O) groups is 1. The van der Waals surface area contributed by atoms with Gasteiger partial charge in [-0.2, -0.15) is 0 Å². The second kappa shape index (κ2) is 6.95. The molecule has 10 heteroatoms. The summed E-state index contributed by atoms with van der Waals surface area (Å²) in [6.07, 6.45) is 0.717. The van der Waals surface area contributed by atoms with E-state index in [1.165, 1.54) is 17.4 Å². The van der Waals surface area contributed by atoms with E-state index in [4.69, 9.17) is 4.42 Å². The predicted octanol–water partition coefficient (Wildman–Crippen LogP) is 2.95. The molecule has 3 heterocycles. The molecule has 0 spiro atoms. The summed E-state index contributed by atoms with van der Waals surface area (Å²) in [6, 6.07) is 4.80. The minimum atomic E-state index is -0.297. The summed E-state index contributed by atoms with van der Waals surface area (Å²) in [6.45, 7) is 2.95. The quantitative estimate of drug-likeness (QED) is 0.716. The molecule has 8 nitrogen and oxygen atoms in total. The maximum Gasteiger partial charge on any atom is 0.320 e. The SMILES string of the molecule is CNC(=O)Nc1nc2c(s1)CN(c1nnc(-c3ccc(F)c(C)c3)o1)CC2. The second-order valence-electron chi connectivity index (χ2n) is 6.12. The third kappa shape index (κ3) is 3.47. The number of amides is 2. The highest BCUT2D eigenvalue weighted by molar-refractivity contribution is 7.15. The highest BCUT2D eigenvalue weighted by atomic mass is 32.1. The Bertz CT molecular complexity index is 1000. The Kier molecular flexibility index (Phi) is 4.48. The largest absolute Gasteiger partial charge is 0.403 e. The Balaban J connectivity index is 1.52. The number of nitrogens with one attached hydrogen (secondary N) is 2. The molecule has 0 saturated heterocycles. The molecule has 27 heavy (non-hydrogen) atoms. The topological polar surface area (TPSA) is 96.2 Å². The van der Waals surface area contributed by atoms with Crippen molar-refractivity contribution >= 4 is 28.5 Å². The summed E-state index contributed by atoms with van der Waals surface area (Å²) >= 11 is 1.43. The number of nitrogens with zero attached hydrogens (tertiary/aromatic N) is 4. The lowest BCUT2D eigenvalue weighted by atomic mass is 10.1. The van der Waals surface area contributed by atoms with Gasteiger partial charge in [-0.3, -0.25) is 5.32 Å². The van der Waals surface area contributed by atoms with E-state index < -0.39 is 0 Å². The Morgan fingerprint density at radius 1 is 1.37 bits per heavy atom. The third-order valence-corrected chi connectivity index (χ3v) is 5.27. The van der Waals surface area contributed by atoms with Gasteiger partial charge < -0.3 is 14.6 Å². The van der Waals surface area contributed by atoms with Gasteiger partial charge in [-0.05, 0) is 30.7 Å². The van der Waals surface area contributed by atoms with Gasteiger partial charge in [0.25, 0.3) is 0 Å². The van der Waals surface area contributed by atoms with Crippen LogP contribution in [0.15, 0.2) is 22.6 Å². The van der Waals surface area contributed by atoms with Crippen LogP contribution >= 0.6 is 11.3 Å². The number of hydrogen-bond donors (Lipinski definition) is 2. The van der Waals surface area contributed by atoms with E-state index in [-0.39, 0.29) is 11.8 Å². The van der Waals surface area contributed by atoms with Crippen LogP contribution in [0.3, 0.4) is 0 Å². The van der Waals surface area contributed by atoms with Crippen LogP contribution < -0.4 is 15.5 Å². The summed E-state index contributed by atoms with van der Waals surface area (Å²) < 4.78 is 19.2. The number of anilines is 2. The number of rotatable bonds is 3. The van der Waals surface area contributed by atoms with E-state index in [9.17, 15) is 9.18 Å². The van der Waals surface area contributed by atoms with Gasteiger partial charge in [-0.1, -0.05) is 16.4 Å². The van der Waals surface area contributed by atoms with Crippen molar-refractivity contribution in [1.82, 2.24) is 20.5 Å². The third-order valence-electron chi connectivity index (χ3n) is 4.27. The fraction of sp³-hybridized carbons (Fsp3) is 0.294. The average molecular weight is 388 g/mol. The molecule has 0 unspecified atom stereocenters. The number of aromatic nitrogens is 3. The first-order valence-corrected chi connectivity index (χ1v) is 9.17. The molecule has 1 aromatic carbocycles. The smallest absolute Gasteiger partial charge is 0.320 e. The Morgan fingerprint density at radius 2 is 2.22 bits per heavy atom. The average Bonchev–Trinajstić information content (AvgIpc) is 3.29. The van der Waals surface area contributed by atoms with Crippen LogP contribution in [0.1, 0.15) is 16.1 Å². The van der Waals surface area contributed by atoms with Crippen molar-refractivity contribution in [2.75, 3.05) is 23.8 Å². The Labute approximate surface area is 158 Å². The summed E-state index contributed by atoms with van der Waals surface area (Å²) in [4.78, 5) is 18.9. The fourth-order valence-corrected chi connectivity index (χ4v) is 3.83. The van der Waals surface area contributed by atoms with E-state index in [1.807, 2.05) is 4.90 Å². The van der Waals surface area contributed by atoms with E-state index in [2.05, 4.69) is 25.8 Å². The molecule has 0 saturated carbocycles. The molecule has 1 aliphatic heterocycles. The van der Waals surface area contributed by atoms with Crippen molar-refractivity contribution in [3.05, 3.63) is 40.2 Å². The molecule has 2 N–H and O–H groups in total. The van der Waals surface area contributed by atoms with E-state index in [1.54, 1.807) is 26.1 Å². The van der Waals surface area contributed by atoms with Crippen LogP contribution in [-0.4, -0.2) is 34.8 Å². The molecule has 0 bridgehead atoms. The Hall–Kier alpha value is -3.01. The monoisotopic (exact) mass is 388 g/mol. The molecular formula is C17H17FN6O2S. The number of aryl methyl sites for hydroxylation is 1. The van der Waals surface area contributed by atoms with Crippen molar-refractivity contribution in [2.45, 2.75) is 19.9 Å². The molecule has 4 rings (SSSR count). The fourth-order valence-electron chi connectivity index (χ4n) is 2.81. The number of fused-ring (bicyclic) bond motifs is 1. The van der Waals surface area contributed by atoms with Gasteiger partial charge in [-0.25, -0.2) is 14.2 Å². The summed E-state index contributed by atoms with van der Waals surface area (Å²) in [7, 11) is 1.56. The van der Waals surface area contributed by atoms with Crippen LogP contribution in [0.4, 0.5) is 20.3 Å². The molecule has 2 aromatic heterocycles. The molecular weight excluding hydrogens is 371 g/mol. The lowest BCUT2D eigenvalue weighted by Gasteiger charge is -2.23. The molecule has 0 aliphatic carbocycles. The van der Waals surface area contributed by atoms with Crippen LogP contribution in [0.25, 0.3) is 11.5 Å². The first kappa shape index (κ1) is 17.4. The van der Waals surface area contributed by atoms with Crippen molar-refractivity contribution in [3.63, 3.8) is 0 Å². The first-order valence-electron chi connectivity index (χ1n) is 8.36. The lowest BCUT2D eigenvalue weighted by Crippen LogP contribution is -2.29. The minimum absolute atomic E-state index is 0.270. The van der Waals surface area contributed by atoms with Crippen LogP contribution in [0.2, 0.25) is 0 Å². The first-order chi connectivity index (χ1) is 13.0. The maximum absolute atomic E-state index is 13.4. The Morgan fingerprint density at radius 3 is 3.00 bits per heavy atom. The molecule has 1 aliphatic rings. The molecule has 0 atom stereocenters. The van der Waals surface area contributed by atoms with E-state index in [0.717, 1.165) is 10.6 Å². The summed E-state index contributed by atoms with van der Waals surface area (Å²) in [5, 5.41) is 14.0. The number of thiazole rings is 1. The van der Waals surface area contributed by atoms with Gasteiger partial charge in [0.2, 0.25) is 5.89 Å². The molecule has 140 valence electrons. The van der Waals surface area contributed by atoms with Gasteiger partial charge >= 0.3 is 12.0 Å².